The first-order valence-electron chi connectivity index (χ1n) is 6.30. The van der Waals surface area contributed by atoms with Gasteiger partial charge in [0.1, 0.15) is 4.88 Å². The Morgan fingerprint density at radius 3 is 2.83 bits per heavy atom. The van der Waals surface area contributed by atoms with E-state index in [-0.39, 0.29) is 0 Å². The molecular weight excluding hydrogens is 248 g/mol. The number of carboxylic acids is 1. The topological polar surface area (TPSA) is 43.8 Å². The van der Waals surface area contributed by atoms with E-state index in [2.05, 4.69) is 16.8 Å². The molecule has 1 fully saturated rings. The summed E-state index contributed by atoms with van der Waals surface area (Å²) in [5, 5.41) is 9.00. The van der Waals surface area contributed by atoms with E-state index in [4.69, 9.17) is 5.11 Å². The van der Waals surface area contributed by atoms with Gasteiger partial charge in [-0.15, -0.1) is 11.3 Å². The van der Waals surface area contributed by atoms with Crippen molar-refractivity contribution in [1.82, 2.24) is 9.80 Å². The lowest BCUT2D eigenvalue weighted by molar-refractivity contribution is 0.0702. The quantitative estimate of drug-likeness (QED) is 0.909. The number of carbonyl (C=O) groups is 1. The molecule has 100 valence electrons. The number of aryl methyl sites for hydroxylation is 1. The van der Waals surface area contributed by atoms with Gasteiger partial charge in [-0.2, -0.15) is 0 Å². The fourth-order valence-electron chi connectivity index (χ4n) is 2.28. The highest BCUT2D eigenvalue weighted by atomic mass is 32.1. The first-order valence-corrected chi connectivity index (χ1v) is 7.11. The number of carboxylic acid groups (broad SMARTS) is 1. The Labute approximate surface area is 112 Å². The molecule has 18 heavy (non-hydrogen) atoms. The van der Waals surface area contributed by atoms with Gasteiger partial charge in [0.05, 0.1) is 0 Å². The normalized spacial score (nSPS) is 18.8. The minimum Gasteiger partial charge on any atom is -0.477 e. The predicted octanol–water partition coefficient (Wildman–Crippen LogP) is 1.89. The summed E-state index contributed by atoms with van der Waals surface area (Å²) in [5.41, 5.74) is 1.17. The van der Waals surface area contributed by atoms with Crippen molar-refractivity contribution in [3.63, 3.8) is 0 Å². The number of hydrogen-bond donors (Lipinski definition) is 1. The molecule has 0 bridgehead atoms. The zero-order valence-corrected chi connectivity index (χ0v) is 11.8. The zero-order chi connectivity index (χ0) is 13.1. The van der Waals surface area contributed by atoms with Crippen molar-refractivity contribution in [2.75, 3.05) is 33.2 Å². The summed E-state index contributed by atoms with van der Waals surface area (Å²) in [5.74, 6) is -0.815. The lowest BCUT2D eigenvalue weighted by Gasteiger charge is -2.19. The van der Waals surface area contributed by atoms with E-state index in [0.29, 0.717) is 4.88 Å². The predicted molar refractivity (Wildman–Crippen MR) is 73.4 cm³/mol. The van der Waals surface area contributed by atoms with Crippen LogP contribution in [0.5, 0.6) is 0 Å². The maximum atomic E-state index is 10.9. The molecule has 1 aromatic heterocycles. The summed E-state index contributed by atoms with van der Waals surface area (Å²) < 4.78 is 0. The molecule has 1 N–H and O–H groups in total. The molecule has 0 radical (unpaired) electrons. The van der Waals surface area contributed by atoms with Crippen molar-refractivity contribution in [2.45, 2.75) is 19.9 Å². The Bertz CT molecular complexity index is 431. The van der Waals surface area contributed by atoms with Crippen LogP contribution >= 0.6 is 11.3 Å². The number of nitrogens with zero attached hydrogens (tertiary/aromatic N) is 2. The van der Waals surface area contributed by atoms with Gasteiger partial charge in [-0.05, 0) is 45.1 Å². The Morgan fingerprint density at radius 2 is 2.17 bits per heavy atom. The van der Waals surface area contributed by atoms with Crippen LogP contribution in [0.2, 0.25) is 0 Å². The molecule has 2 heterocycles. The lowest BCUT2D eigenvalue weighted by Crippen LogP contribution is -2.28. The molecule has 1 aliphatic heterocycles. The summed E-state index contributed by atoms with van der Waals surface area (Å²) in [4.78, 5) is 17.3. The van der Waals surface area contributed by atoms with Gasteiger partial charge in [0.2, 0.25) is 0 Å². The minimum absolute atomic E-state index is 0.453. The number of thiophene rings is 1. The fourth-order valence-corrected chi connectivity index (χ4v) is 3.15. The van der Waals surface area contributed by atoms with E-state index in [9.17, 15) is 4.79 Å². The van der Waals surface area contributed by atoms with E-state index in [1.807, 2.05) is 13.0 Å². The number of rotatable bonds is 3. The van der Waals surface area contributed by atoms with Crippen LogP contribution in [0.25, 0.3) is 0 Å². The molecule has 5 heteroatoms. The van der Waals surface area contributed by atoms with E-state index < -0.39 is 5.97 Å². The van der Waals surface area contributed by atoms with Gasteiger partial charge in [0.15, 0.2) is 0 Å². The summed E-state index contributed by atoms with van der Waals surface area (Å²) in [6, 6.07) is 1.83. The van der Waals surface area contributed by atoms with Crippen LogP contribution in [0.1, 0.15) is 26.5 Å². The van der Waals surface area contributed by atoms with Crippen molar-refractivity contribution >= 4 is 17.3 Å². The molecule has 0 amide bonds. The van der Waals surface area contributed by atoms with Crippen LogP contribution in [-0.4, -0.2) is 54.1 Å². The highest BCUT2D eigenvalue weighted by Crippen LogP contribution is 2.23. The van der Waals surface area contributed by atoms with E-state index in [0.717, 1.165) is 37.6 Å². The van der Waals surface area contributed by atoms with Gasteiger partial charge < -0.3 is 10.0 Å². The van der Waals surface area contributed by atoms with Crippen molar-refractivity contribution in [3.05, 3.63) is 21.4 Å². The molecular formula is C13H20N2O2S. The SMILES string of the molecule is Cc1sc(C(=O)O)cc1CN1CCCN(C)CC1. The number of aromatic carboxylic acids is 1. The average molecular weight is 268 g/mol. The molecule has 2 rings (SSSR count). The van der Waals surface area contributed by atoms with Crippen LogP contribution in [0.4, 0.5) is 0 Å². The second kappa shape index (κ2) is 5.82. The standard InChI is InChI=1S/C13H20N2O2S/c1-10-11(8-12(18-10)13(16)17)9-15-5-3-4-14(2)6-7-15/h8H,3-7,9H2,1-2H3,(H,16,17). The smallest absolute Gasteiger partial charge is 0.345 e. The largest absolute Gasteiger partial charge is 0.477 e. The maximum Gasteiger partial charge on any atom is 0.345 e. The van der Waals surface area contributed by atoms with Gasteiger partial charge in [0.25, 0.3) is 0 Å². The first kappa shape index (κ1) is 13.5. The molecule has 1 saturated heterocycles. The van der Waals surface area contributed by atoms with Gasteiger partial charge in [-0.1, -0.05) is 0 Å². The highest BCUT2D eigenvalue weighted by molar-refractivity contribution is 7.14. The minimum atomic E-state index is -0.815. The number of hydrogen-bond acceptors (Lipinski definition) is 4. The molecule has 0 aromatic carbocycles. The lowest BCUT2D eigenvalue weighted by atomic mass is 10.2. The molecule has 0 aliphatic carbocycles. The summed E-state index contributed by atoms with van der Waals surface area (Å²) >= 11 is 1.38. The molecule has 0 unspecified atom stereocenters. The maximum absolute atomic E-state index is 10.9. The van der Waals surface area contributed by atoms with Crippen LogP contribution < -0.4 is 0 Å². The van der Waals surface area contributed by atoms with E-state index in [1.54, 1.807) is 0 Å². The van der Waals surface area contributed by atoms with Crippen LogP contribution in [0.3, 0.4) is 0 Å². The third-order valence-corrected chi connectivity index (χ3v) is 4.52. The first-order chi connectivity index (χ1) is 8.56. The summed E-state index contributed by atoms with van der Waals surface area (Å²) in [6.45, 7) is 7.30. The second-order valence-corrected chi connectivity index (χ2v) is 6.19. The molecule has 4 nitrogen and oxygen atoms in total. The Balaban J connectivity index is 2.02. The van der Waals surface area contributed by atoms with Crippen molar-refractivity contribution < 1.29 is 9.90 Å². The zero-order valence-electron chi connectivity index (χ0n) is 11.0. The highest BCUT2D eigenvalue weighted by Gasteiger charge is 2.16. The van der Waals surface area contributed by atoms with Gasteiger partial charge in [-0.3, -0.25) is 4.90 Å². The molecule has 0 spiro atoms. The van der Waals surface area contributed by atoms with Crippen LogP contribution in [-0.2, 0) is 6.54 Å². The third kappa shape index (κ3) is 3.31. The van der Waals surface area contributed by atoms with Gasteiger partial charge in [0, 0.05) is 24.5 Å². The fraction of sp³-hybridized carbons (Fsp3) is 0.615. The Kier molecular flexibility index (Phi) is 4.37. The van der Waals surface area contributed by atoms with Crippen molar-refractivity contribution in [3.8, 4) is 0 Å². The molecule has 0 saturated carbocycles. The molecule has 0 atom stereocenters. The molecule has 1 aromatic rings. The molecule has 1 aliphatic rings. The van der Waals surface area contributed by atoms with Gasteiger partial charge in [-0.25, -0.2) is 4.79 Å². The van der Waals surface area contributed by atoms with Crippen LogP contribution in [0.15, 0.2) is 6.07 Å². The van der Waals surface area contributed by atoms with Crippen molar-refractivity contribution in [2.24, 2.45) is 0 Å². The average Bonchev–Trinajstić information content (AvgIpc) is 2.54. The third-order valence-electron chi connectivity index (χ3n) is 3.44. The summed E-state index contributed by atoms with van der Waals surface area (Å²) in [7, 11) is 2.15. The monoisotopic (exact) mass is 268 g/mol. The van der Waals surface area contributed by atoms with E-state index >= 15 is 0 Å². The Morgan fingerprint density at radius 1 is 1.39 bits per heavy atom. The van der Waals surface area contributed by atoms with Gasteiger partial charge >= 0.3 is 5.97 Å². The Hall–Kier alpha value is -0.910. The number of likely N-dealkylation sites (N-methyl/N-ethyl adjacent to an activating group) is 1. The second-order valence-electron chi connectivity index (χ2n) is 4.93. The van der Waals surface area contributed by atoms with Crippen molar-refractivity contribution in [1.29, 1.82) is 0 Å². The van der Waals surface area contributed by atoms with E-state index in [1.165, 1.54) is 23.3 Å². The van der Waals surface area contributed by atoms with Crippen LogP contribution in [0, 0.1) is 6.92 Å². The summed E-state index contributed by atoms with van der Waals surface area (Å²) in [6.07, 6.45) is 1.19.